The Morgan fingerprint density at radius 3 is 2.53 bits per heavy atom. The standard InChI is InChI=1S/C12H20ClNO/c1-8-3-5-10(6-4-8)11-7-12(9(2)13)15-14-11/h8-10,12H,3-7H2,1-2H3. The Morgan fingerprint density at radius 1 is 1.33 bits per heavy atom. The summed E-state index contributed by atoms with van der Waals surface area (Å²) in [5.41, 5.74) is 1.26. The predicted molar refractivity (Wildman–Crippen MR) is 63.4 cm³/mol. The zero-order valence-electron chi connectivity index (χ0n) is 9.58. The molecule has 0 bridgehead atoms. The summed E-state index contributed by atoms with van der Waals surface area (Å²) in [4.78, 5) is 5.36. The van der Waals surface area contributed by atoms with Crippen LogP contribution in [0.25, 0.3) is 0 Å². The van der Waals surface area contributed by atoms with Crippen LogP contribution < -0.4 is 0 Å². The average Bonchev–Trinajstić information content (AvgIpc) is 2.68. The Hall–Kier alpha value is -0.240. The lowest BCUT2D eigenvalue weighted by Gasteiger charge is -2.25. The summed E-state index contributed by atoms with van der Waals surface area (Å²) in [5.74, 6) is 1.56. The lowest BCUT2D eigenvalue weighted by atomic mass is 9.79. The molecule has 0 amide bonds. The summed E-state index contributed by atoms with van der Waals surface area (Å²) in [6.45, 7) is 4.32. The number of alkyl halides is 1. The van der Waals surface area contributed by atoms with Gasteiger partial charge in [-0.1, -0.05) is 24.9 Å². The highest BCUT2D eigenvalue weighted by Crippen LogP contribution is 2.33. The highest BCUT2D eigenvalue weighted by Gasteiger charge is 2.31. The zero-order chi connectivity index (χ0) is 10.8. The third-order valence-electron chi connectivity index (χ3n) is 3.72. The number of hydrogen-bond acceptors (Lipinski definition) is 2. The minimum atomic E-state index is 0.0637. The molecule has 15 heavy (non-hydrogen) atoms. The third-order valence-corrected chi connectivity index (χ3v) is 4.00. The SMILES string of the molecule is CC1CCC(C2=NOC(C(C)Cl)C2)CC1. The lowest BCUT2D eigenvalue weighted by molar-refractivity contribution is 0.0854. The highest BCUT2D eigenvalue weighted by atomic mass is 35.5. The molecule has 0 aromatic rings. The first kappa shape index (κ1) is 11.3. The second-order valence-corrected chi connectivity index (χ2v) is 5.75. The normalized spacial score (nSPS) is 38.3. The average molecular weight is 230 g/mol. The van der Waals surface area contributed by atoms with E-state index in [1.165, 1.54) is 31.4 Å². The fraction of sp³-hybridized carbons (Fsp3) is 0.917. The van der Waals surface area contributed by atoms with Crippen molar-refractivity contribution >= 4 is 17.3 Å². The summed E-state index contributed by atoms with van der Waals surface area (Å²) in [7, 11) is 0. The molecular weight excluding hydrogens is 210 g/mol. The minimum absolute atomic E-state index is 0.0637. The Kier molecular flexibility index (Phi) is 3.55. The first-order valence-corrected chi connectivity index (χ1v) is 6.47. The van der Waals surface area contributed by atoms with Crippen LogP contribution in [0.1, 0.15) is 46.0 Å². The van der Waals surface area contributed by atoms with Gasteiger partial charge in [0.05, 0.1) is 11.1 Å². The number of hydrogen-bond donors (Lipinski definition) is 0. The number of rotatable bonds is 2. The van der Waals surface area contributed by atoms with E-state index < -0.39 is 0 Å². The third kappa shape index (κ3) is 2.66. The topological polar surface area (TPSA) is 21.6 Å². The van der Waals surface area contributed by atoms with Gasteiger partial charge in [0.2, 0.25) is 0 Å². The lowest BCUT2D eigenvalue weighted by Crippen LogP contribution is -2.23. The maximum absolute atomic E-state index is 6.01. The van der Waals surface area contributed by atoms with Gasteiger partial charge < -0.3 is 4.84 Å². The smallest absolute Gasteiger partial charge is 0.148 e. The molecule has 3 heteroatoms. The molecule has 0 aromatic heterocycles. The van der Waals surface area contributed by atoms with E-state index >= 15 is 0 Å². The van der Waals surface area contributed by atoms with E-state index in [1.807, 2.05) is 6.92 Å². The molecule has 1 aliphatic heterocycles. The van der Waals surface area contributed by atoms with Crippen LogP contribution in [0.4, 0.5) is 0 Å². The number of oxime groups is 1. The van der Waals surface area contributed by atoms with E-state index in [0.717, 1.165) is 12.3 Å². The van der Waals surface area contributed by atoms with Crippen LogP contribution in [0, 0.1) is 11.8 Å². The van der Waals surface area contributed by atoms with Crippen molar-refractivity contribution in [3.63, 3.8) is 0 Å². The molecular formula is C12H20ClNO. The number of nitrogens with zero attached hydrogens (tertiary/aromatic N) is 1. The summed E-state index contributed by atoms with van der Waals surface area (Å²) >= 11 is 6.01. The number of halogens is 1. The van der Waals surface area contributed by atoms with Gasteiger partial charge in [-0.2, -0.15) is 0 Å². The molecule has 0 saturated heterocycles. The molecule has 2 rings (SSSR count). The van der Waals surface area contributed by atoms with Crippen molar-refractivity contribution in [2.75, 3.05) is 0 Å². The predicted octanol–water partition coefficient (Wildman–Crippen LogP) is 3.58. The quantitative estimate of drug-likeness (QED) is 0.664. The Morgan fingerprint density at radius 2 is 2.00 bits per heavy atom. The highest BCUT2D eigenvalue weighted by molar-refractivity contribution is 6.21. The molecule has 1 saturated carbocycles. The first-order chi connectivity index (χ1) is 7.16. The summed E-state index contributed by atoms with van der Waals surface area (Å²) in [5, 5.41) is 4.28. The van der Waals surface area contributed by atoms with Crippen molar-refractivity contribution in [2.45, 2.75) is 57.4 Å². The molecule has 0 N–H and O–H groups in total. The van der Waals surface area contributed by atoms with Gasteiger partial charge in [-0.3, -0.25) is 0 Å². The summed E-state index contributed by atoms with van der Waals surface area (Å²) in [6, 6.07) is 0. The monoisotopic (exact) mass is 229 g/mol. The van der Waals surface area contributed by atoms with Crippen LogP contribution in [-0.4, -0.2) is 17.2 Å². The fourth-order valence-corrected chi connectivity index (χ4v) is 2.63. The van der Waals surface area contributed by atoms with Crippen LogP contribution >= 0.6 is 11.6 Å². The molecule has 0 radical (unpaired) electrons. The van der Waals surface area contributed by atoms with Gasteiger partial charge in [-0.25, -0.2) is 0 Å². The molecule has 0 aromatic carbocycles. The van der Waals surface area contributed by atoms with E-state index in [-0.39, 0.29) is 11.5 Å². The van der Waals surface area contributed by atoms with E-state index in [2.05, 4.69) is 12.1 Å². The van der Waals surface area contributed by atoms with Gasteiger partial charge in [0.1, 0.15) is 6.10 Å². The van der Waals surface area contributed by atoms with Crippen LogP contribution in [0.15, 0.2) is 5.16 Å². The van der Waals surface area contributed by atoms with Crippen molar-refractivity contribution in [2.24, 2.45) is 17.0 Å². The zero-order valence-corrected chi connectivity index (χ0v) is 10.3. The molecule has 2 aliphatic rings. The largest absolute Gasteiger partial charge is 0.391 e. The summed E-state index contributed by atoms with van der Waals surface area (Å²) in [6.07, 6.45) is 6.31. The van der Waals surface area contributed by atoms with Crippen molar-refractivity contribution in [3.8, 4) is 0 Å². The Bertz CT molecular complexity index is 244. The van der Waals surface area contributed by atoms with Crippen LogP contribution in [0.3, 0.4) is 0 Å². The molecule has 1 fully saturated rings. The maximum atomic E-state index is 6.01. The van der Waals surface area contributed by atoms with Gasteiger partial charge >= 0.3 is 0 Å². The second-order valence-electron chi connectivity index (χ2n) is 5.06. The first-order valence-electron chi connectivity index (χ1n) is 6.03. The molecule has 0 spiro atoms. The molecule has 2 atom stereocenters. The Balaban J connectivity index is 1.85. The van der Waals surface area contributed by atoms with E-state index in [0.29, 0.717) is 5.92 Å². The van der Waals surface area contributed by atoms with Crippen molar-refractivity contribution < 1.29 is 4.84 Å². The van der Waals surface area contributed by atoms with Gasteiger partial charge in [-0.15, -0.1) is 11.6 Å². The molecule has 2 unspecified atom stereocenters. The van der Waals surface area contributed by atoms with Crippen molar-refractivity contribution in [1.29, 1.82) is 0 Å². The van der Waals surface area contributed by atoms with Crippen molar-refractivity contribution in [3.05, 3.63) is 0 Å². The van der Waals surface area contributed by atoms with E-state index in [9.17, 15) is 0 Å². The molecule has 1 aliphatic carbocycles. The fourth-order valence-electron chi connectivity index (χ4n) is 2.50. The van der Waals surface area contributed by atoms with Gasteiger partial charge in [0.15, 0.2) is 0 Å². The molecule has 86 valence electrons. The molecule has 2 nitrogen and oxygen atoms in total. The van der Waals surface area contributed by atoms with Gasteiger partial charge in [0.25, 0.3) is 0 Å². The van der Waals surface area contributed by atoms with Crippen LogP contribution in [0.2, 0.25) is 0 Å². The van der Waals surface area contributed by atoms with E-state index in [4.69, 9.17) is 16.4 Å². The Labute approximate surface area is 97.0 Å². The van der Waals surface area contributed by atoms with Gasteiger partial charge in [-0.05, 0) is 25.7 Å². The van der Waals surface area contributed by atoms with Crippen molar-refractivity contribution in [1.82, 2.24) is 0 Å². The molecule has 1 heterocycles. The van der Waals surface area contributed by atoms with Crippen LogP contribution in [0.5, 0.6) is 0 Å². The second kappa shape index (κ2) is 4.73. The van der Waals surface area contributed by atoms with Crippen LogP contribution in [-0.2, 0) is 4.84 Å². The van der Waals surface area contributed by atoms with E-state index in [1.54, 1.807) is 0 Å². The summed E-state index contributed by atoms with van der Waals surface area (Å²) < 4.78 is 0. The maximum Gasteiger partial charge on any atom is 0.148 e. The van der Waals surface area contributed by atoms with Gasteiger partial charge in [0, 0.05) is 12.3 Å². The minimum Gasteiger partial charge on any atom is -0.391 e.